The Hall–Kier alpha value is -1.24. The van der Waals surface area contributed by atoms with E-state index in [0.717, 1.165) is 16.8 Å². The second kappa shape index (κ2) is 4.95. The van der Waals surface area contributed by atoms with Crippen LogP contribution in [0.4, 0.5) is 0 Å². The van der Waals surface area contributed by atoms with Crippen LogP contribution in [0.1, 0.15) is 16.8 Å². The van der Waals surface area contributed by atoms with Gasteiger partial charge >= 0.3 is 0 Å². The first kappa shape index (κ1) is 12.2. The Morgan fingerprint density at radius 3 is 2.82 bits per heavy atom. The van der Waals surface area contributed by atoms with E-state index < -0.39 is 0 Å². The largest absolute Gasteiger partial charge is 0.294 e. The average Bonchev–Trinajstić information content (AvgIpc) is 2.30. The second-order valence-corrected chi connectivity index (χ2v) is 5.03. The van der Waals surface area contributed by atoms with E-state index in [2.05, 4.69) is 9.97 Å². The smallest absolute Gasteiger partial charge is 0.267 e. The van der Waals surface area contributed by atoms with Gasteiger partial charge in [-0.3, -0.25) is 14.3 Å². The molecule has 0 spiro atoms. The monoisotopic (exact) mass is 341 g/mol. The zero-order chi connectivity index (χ0) is 12.4. The van der Waals surface area contributed by atoms with Gasteiger partial charge in [-0.15, -0.1) is 0 Å². The molecule has 0 atom stereocenters. The minimum atomic E-state index is -0.000365. The van der Waals surface area contributed by atoms with Crippen molar-refractivity contribution in [3.05, 3.63) is 55.5 Å². The van der Waals surface area contributed by atoms with Crippen molar-refractivity contribution in [2.24, 2.45) is 0 Å². The molecule has 2 heterocycles. The minimum absolute atomic E-state index is 0.000365. The number of hydrogen-bond donors (Lipinski definition) is 0. The summed E-state index contributed by atoms with van der Waals surface area (Å²) in [4.78, 5) is 20.3. The van der Waals surface area contributed by atoms with E-state index in [9.17, 15) is 4.79 Å². The van der Waals surface area contributed by atoms with Crippen LogP contribution in [0, 0.1) is 17.4 Å². The maximum absolute atomic E-state index is 12.0. The summed E-state index contributed by atoms with van der Waals surface area (Å²) in [6.07, 6.45) is 5.15. The normalized spacial score (nSPS) is 10.5. The highest BCUT2D eigenvalue weighted by Gasteiger charge is 2.05. The van der Waals surface area contributed by atoms with Crippen LogP contribution >= 0.6 is 22.6 Å². The quantitative estimate of drug-likeness (QED) is 0.784. The van der Waals surface area contributed by atoms with E-state index in [0.29, 0.717) is 10.1 Å². The fraction of sp³-hybridized carbons (Fsp3) is 0.250. The first-order valence-electron chi connectivity index (χ1n) is 5.20. The second-order valence-electron chi connectivity index (χ2n) is 3.95. The Bertz CT molecular complexity index is 607. The van der Waals surface area contributed by atoms with Crippen molar-refractivity contribution >= 4 is 22.6 Å². The Morgan fingerprint density at radius 2 is 2.12 bits per heavy atom. The number of nitrogens with zero attached hydrogens (tertiary/aromatic N) is 3. The fourth-order valence-electron chi connectivity index (χ4n) is 1.56. The molecule has 0 saturated carbocycles. The lowest BCUT2D eigenvalue weighted by molar-refractivity contribution is 0.720. The number of pyridine rings is 1. The minimum Gasteiger partial charge on any atom is -0.294 e. The van der Waals surface area contributed by atoms with Gasteiger partial charge in [0, 0.05) is 12.4 Å². The van der Waals surface area contributed by atoms with Crippen molar-refractivity contribution < 1.29 is 0 Å². The fourth-order valence-corrected chi connectivity index (χ4v) is 2.01. The molecule has 0 unspecified atom stereocenters. The van der Waals surface area contributed by atoms with E-state index >= 15 is 0 Å². The summed E-state index contributed by atoms with van der Waals surface area (Å²) in [5, 5.41) is 0. The van der Waals surface area contributed by atoms with Crippen LogP contribution < -0.4 is 5.56 Å². The van der Waals surface area contributed by atoms with Crippen LogP contribution in [0.3, 0.4) is 0 Å². The molecule has 0 aliphatic carbocycles. The Balaban J connectivity index is 2.37. The molecule has 0 bridgehead atoms. The van der Waals surface area contributed by atoms with Crippen LogP contribution in [-0.2, 0) is 6.54 Å². The Labute approximate surface area is 113 Å². The maximum atomic E-state index is 12.0. The molecule has 0 fully saturated rings. The van der Waals surface area contributed by atoms with E-state index in [-0.39, 0.29) is 5.56 Å². The van der Waals surface area contributed by atoms with Crippen molar-refractivity contribution in [3.63, 3.8) is 0 Å². The SMILES string of the molecule is Cc1cncc(Cn2cnc(C)c(I)c2=O)c1. The van der Waals surface area contributed by atoms with Gasteiger partial charge < -0.3 is 0 Å². The zero-order valence-electron chi connectivity index (χ0n) is 9.64. The van der Waals surface area contributed by atoms with Gasteiger partial charge in [-0.1, -0.05) is 6.07 Å². The zero-order valence-corrected chi connectivity index (χ0v) is 11.8. The molecule has 0 saturated heterocycles. The van der Waals surface area contributed by atoms with Crippen LogP contribution in [0.15, 0.2) is 29.6 Å². The summed E-state index contributed by atoms with van der Waals surface area (Å²) in [6, 6.07) is 2.02. The highest BCUT2D eigenvalue weighted by molar-refractivity contribution is 14.1. The molecule has 4 nitrogen and oxygen atoms in total. The van der Waals surface area contributed by atoms with Gasteiger partial charge in [0.05, 0.1) is 22.1 Å². The third-order valence-corrected chi connectivity index (χ3v) is 3.68. The summed E-state index contributed by atoms with van der Waals surface area (Å²) in [7, 11) is 0. The van der Waals surface area contributed by atoms with Crippen molar-refractivity contribution in [3.8, 4) is 0 Å². The van der Waals surface area contributed by atoms with Gasteiger partial charge in [-0.25, -0.2) is 4.98 Å². The first-order chi connectivity index (χ1) is 8.08. The number of halogens is 1. The third-order valence-electron chi connectivity index (χ3n) is 2.44. The highest BCUT2D eigenvalue weighted by atomic mass is 127. The van der Waals surface area contributed by atoms with Crippen molar-refractivity contribution in [2.75, 3.05) is 0 Å². The predicted molar refractivity (Wildman–Crippen MR) is 74.0 cm³/mol. The molecule has 2 aromatic rings. The topological polar surface area (TPSA) is 47.8 Å². The lowest BCUT2D eigenvalue weighted by Gasteiger charge is -2.07. The van der Waals surface area contributed by atoms with Gasteiger partial charge in [0.25, 0.3) is 5.56 Å². The van der Waals surface area contributed by atoms with Gasteiger partial charge in [-0.2, -0.15) is 0 Å². The number of hydrogen-bond acceptors (Lipinski definition) is 3. The molecule has 0 aromatic carbocycles. The van der Waals surface area contributed by atoms with E-state index in [4.69, 9.17) is 0 Å². The van der Waals surface area contributed by atoms with Crippen molar-refractivity contribution in [1.82, 2.24) is 14.5 Å². The molecule has 0 aliphatic heterocycles. The molecule has 0 amide bonds. The lowest BCUT2D eigenvalue weighted by atomic mass is 10.2. The van der Waals surface area contributed by atoms with Gasteiger partial charge in [-0.05, 0) is 47.6 Å². The highest BCUT2D eigenvalue weighted by Crippen LogP contribution is 2.05. The van der Waals surface area contributed by atoms with Crippen molar-refractivity contribution in [2.45, 2.75) is 20.4 Å². The van der Waals surface area contributed by atoms with Gasteiger partial charge in [0.2, 0.25) is 0 Å². The molecular weight excluding hydrogens is 329 g/mol. The molecule has 0 radical (unpaired) electrons. The number of rotatable bonds is 2. The van der Waals surface area contributed by atoms with E-state index in [1.807, 2.05) is 42.5 Å². The number of aryl methyl sites for hydroxylation is 2. The summed E-state index contributed by atoms with van der Waals surface area (Å²) in [5.74, 6) is 0. The number of aromatic nitrogens is 3. The summed E-state index contributed by atoms with van der Waals surface area (Å²) in [6.45, 7) is 4.33. The molecular formula is C12H12IN3O. The predicted octanol–water partition coefficient (Wildman–Crippen LogP) is 1.91. The van der Waals surface area contributed by atoms with Crippen LogP contribution in [0.25, 0.3) is 0 Å². The van der Waals surface area contributed by atoms with Gasteiger partial charge in [0.15, 0.2) is 0 Å². The van der Waals surface area contributed by atoms with E-state index in [1.54, 1.807) is 23.3 Å². The lowest BCUT2D eigenvalue weighted by Crippen LogP contribution is -2.24. The van der Waals surface area contributed by atoms with Crippen molar-refractivity contribution in [1.29, 1.82) is 0 Å². The Morgan fingerprint density at radius 1 is 1.35 bits per heavy atom. The molecule has 2 aromatic heterocycles. The van der Waals surface area contributed by atoms with Crippen LogP contribution in [0.2, 0.25) is 0 Å². The Kier molecular flexibility index (Phi) is 3.56. The summed E-state index contributed by atoms with van der Waals surface area (Å²) in [5.41, 5.74) is 2.87. The standard InChI is InChI=1S/C12H12IN3O/c1-8-3-10(5-14-4-8)6-16-7-15-9(2)11(13)12(16)17/h3-5,7H,6H2,1-2H3. The molecule has 0 aliphatic rings. The molecule has 17 heavy (non-hydrogen) atoms. The molecule has 88 valence electrons. The maximum Gasteiger partial charge on any atom is 0.267 e. The third kappa shape index (κ3) is 2.71. The molecule has 5 heteroatoms. The van der Waals surface area contributed by atoms with Crippen LogP contribution in [-0.4, -0.2) is 14.5 Å². The summed E-state index contributed by atoms with van der Waals surface area (Å²) < 4.78 is 2.27. The molecule has 2 rings (SSSR count). The average molecular weight is 341 g/mol. The van der Waals surface area contributed by atoms with Gasteiger partial charge in [0.1, 0.15) is 0 Å². The van der Waals surface area contributed by atoms with E-state index in [1.165, 1.54) is 0 Å². The first-order valence-corrected chi connectivity index (χ1v) is 6.28. The molecule has 0 N–H and O–H groups in total. The summed E-state index contributed by atoms with van der Waals surface area (Å²) >= 11 is 2.03. The van der Waals surface area contributed by atoms with Crippen LogP contribution in [0.5, 0.6) is 0 Å².